The molecule has 3 atom stereocenters. The molecule has 2 N–H and O–H groups in total. The van der Waals surface area contributed by atoms with Crippen LogP contribution in [-0.2, 0) is 9.47 Å². The van der Waals surface area contributed by atoms with Gasteiger partial charge in [0, 0.05) is 25.7 Å². The minimum Gasteiger partial charge on any atom is -0.381 e. The fourth-order valence-electron chi connectivity index (χ4n) is 3.31. The molecule has 8 heteroatoms. The van der Waals surface area contributed by atoms with E-state index in [9.17, 15) is 4.79 Å². The second-order valence-electron chi connectivity index (χ2n) is 7.16. The molecule has 2 saturated heterocycles. The highest BCUT2D eigenvalue weighted by Gasteiger charge is 2.33. The van der Waals surface area contributed by atoms with Crippen LogP contribution in [0.15, 0.2) is 4.52 Å². The van der Waals surface area contributed by atoms with Gasteiger partial charge in [0.15, 0.2) is 5.82 Å². The van der Waals surface area contributed by atoms with E-state index in [1.54, 1.807) is 0 Å². The van der Waals surface area contributed by atoms with E-state index < -0.39 is 0 Å². The molecule has 2 amide bonds. The molecule has 0 aromatic carbocycles. The minimum absolute atomic E-state index is 0.0308. The van der Waals surface area contributed by atoms with Crippen molar-refractivity contribution >= 4 is 6.03 Å². The number of nitrogens with one attached hydrogen (secondary N) is 2. The molecule has 25 heavy (non-hydrogen) atoms. The summed E-state index contributed by atoms with van der Waals surface area (Å²) in [6.07, 6.45) is 2.57. The van der Waals surface area contributed by atoms with Gasteiger partial charge in [0.05, 0.1) is 12.1 Å². The van der Waals surface area contributed by atoms with Gasteiger partial charge in [-0.3, -0.25) is 0 Å². The summed E-state index contributed by atoms with van der Waals surface area (Å²) in [6.45, 7) is 8.05. The van der Waals surface area contributed by atoms with Gasteiger partial charge in [0.1, 0.15) is 6.04 Å². The fraction of sp³-hybridized carbons (Fsp3) is 0.824. The van der Waals surface area contributed by atoms with Crippen molar-refractivity contribution in [3.8, 4) is 0 Å². The van der Waals surface area contributed by atoms with Crippen LogP contribution in [0.3, 0.4) is 0 Å². The normalized spacial score (nSPS) is 25.9. The Labute approximate surface area is 148 Å². The largest absolute Gasteiger partial charge is 0.381 e. The van der Waals surface area contributed by atoms with Crippen LogP contribution in [-0.4, -0.2) is 48.1 Å². The van der Waals surface area contributed by atoms with Crippen molar-refractivity contribution in [2.24, 2.45) is 5.92 Å². The van der Waals surface area contributed by atoms with E-state index in [1.165, 1.54) is 0 Å². The van der Waals surface area contributed by atoms with E-state index in [0.717, 1.165) is 19.3 Å². The third kappa shape index (κ3) is 4.49. The molecule has 8 nitrogen and oxygen atoms in total. The Hall–Kier alpha value is -1.67. The quantitative estimate of drug-likeness (QED) is 0.842. The predicted molar refractivity (Wildman–Crippen MR) is 90.2 cm³/mol. The predicted octanol–water partition coefficient (Wildman–Crippen LogP) is 2.14. The molecule has 0 spiro atoms. The van der Waals surface area contributed by atoms with Crippen LogP contribution in [0, 0.1) is 5.92 Å². The van der Waals surface area contributed by atoms with Crippen molar-refractivity contribution in [2.45, 2.75) is 64.1 Å². The summed E-state index contributed by atoms with van der Waals surface area (Å²) >= 11 is 0. The molecule has 140 valence electrons. The van der Waals surface area contributed by atoms with Gasteiger partial charge in [-0.05, 0) is 32.1 Å². The highest BCUT2D eigenvalue weighted by atomic mass is 16.5. The lowest BCUT2D eigenvalue weighted by atomic mass is 9.91. The zero-order chi connectivity index (χ0) is 17.8. The van der Waals surface area contributed by atoms with Gasteiger partial charge >= 0.3 is 6.03 Å². The number of hydrogen-bond donors (Lipinski definition) is 2. The molecule has 2 aliphatic heterocycles. The van der Waals surface area contributed by atoms with Crippen LogP contribution in [0.1, 0.15) is 63.7 Å². The number of ether oxygens (including phenoxy) is 2. The number of urea groups is 1. The number of carbonyl (C=O) groups excluding carboxylic acids is 1. The van der Waals surface area contributed by atoms with Crippen molar-refractivity contribution in [1.29, 1.82) is 0 Å². The lowest BCUT2D eigenvalue weighted by molar-refractivity contribution is 0.0501. The Morgan fingerprint density at radius 1 is 1.20 bits per heavy atom. The molecule has 2 fully saturated rings. The number of nitrogens with zero attached hydrogens (tertiary/aromatic N) is 2. The molecule has 1 aromatic heterocycles. The first-order chi connectivity index (χ1) is 12.0. The Kier molecular flexibility index (Phi) is 5.90. The average Bonchev–Trinajstić information content (AvgIpc) is 3.23. The molecule has 2 aliphatic rings. The maximum absolute atomic E-state index is 12.5. The third-order valence-corrected chi connectivity index (χ3v) is 4.96. The van der Waals surface area contributed by atoms with Gasteiger partial charge in [0.25, 0.3) is 0 Å². The first-order valence-electron chi connectivity index (χ1n) is 9.14. The van der Waals surface area contributed by atoms with Crippen LogP contribution in [0.5, 0.6) is 0 Å². The molecule has 0 aliphatic carbocycles. The van der Waals surface area contributed by atoms with E-state index >= 15 is 0 Å². The van der Waals surface area contributed by atoms with E-state index in [0.29, 0.717) is 31.5 Å². The second kappa shape index (κ2) is 8.14. The van der Waals surface area contributed by atoms with Crippen molar-refractivity contribution in [1.82, 2.24) is 20.8 Å². The average molecular weight is 352 g/mol. The Morgan fingerprint density at radius 3 is 2.56 bits per heavy atom. The summed E-state index contributed by atoms with van der Waals surface area (Å²) in [4.78, 5) is 17.0. The van der Waals surface area contributed by atoms with Gasteiger partial charge in [-0.15, -0.1) is 0 Å². The third-order valence-electron chi connectivity index (χ3n) is 4.96. The number of aromatic nitrogens is 2. The highest BCUT2D eigenvalue weighted by molar-refractivity contribution is 5.74. The van der Waals surface area contributed by atoms with Crippen molar-refractivity contribution < 1.29 is 18.8 Å². The summed E-state index contributed by atoms with van der Waals surface area (Å²) in [5, 5.41) is 10.1. The molecule has 0 radical (unpaired) electrons. The number of carbonyl (C=O) groups is 1. The maximum Gasteiger partial charge on any atom is 0.315 e. The second-order valence-corrected chi connectivity index (χ2v) is 7.16. The monoisotopic (exact) mass is 352 g/mol. The van der Waals surface area contributed by atoms with Crippen molar-refractivity contribution in [3.05, 3.63) is 11.7 Å². The van der Waals surface area contributed by atoms with E-state index in [4.69, 9.17) is 14.0 Å². The van der Waals surface area contributed by atoms with Crippen LogP contribution >= 0.6 is 0 Å². The van der Waals surface area contributed by atoms with Gasteiger partial charge < -0.3 is 24.6 Å². The highest BCUT2D eigenvalue weighted by Crippen LogP contribution is 2.30. The van der Waals surface area contributed by atoms with Crippen molar-refractivity contribution in [3.63, 3.8) is 0 Å². The number of amides is 2. The van der Waals surface area contributed by atoms with Gasteiger partial charge in [-0.1, -0.05) is 19.0 Å². The topological polar surface area (TPSA) is 98.5 Å². The Morgan fingerprint density at radius 2 is 1.96 bits per heavy atom. The summed E-state index contributed by atoms with van der Waals surface area (Å²) in [5.74, 6) is 1.53. The molecule has 3 rings (SSSR count). The van der Waals surface area contributed by atoms with Crippen LogP contribution in [0.4, 0.5) is 4.79 Å². The molecule has 0 saturated carbocycles. The SMILES string of the molecule is CC(C)c1noc([C@H](NC(=O)N[C@@H]2CCO[C@H]2C)C2CCOCC2)n1. The Bertz CT molecular complexity index is 571. The van der Waals surface area contributed by atoms with Gasteiger partial charge in [-0.2, -0.15) is 4.98 Å². The summed E-state index contributed by atoms with van der Waals surface area (Å²) in [7, 11) is 0. The van der Waals surface area contributed by atoms with E-state index in [2.05, 4.69) is 20.8 Å². The Balaban J connectivity index is 1.70. The zero-order valence-corrected chi connectivity index (χ0v) is 15.2. The van der Waals surface area contributed by atoms with Crippen LogP contribution in [0.25, 0.3) is 0 Å². The maximum atomic E-state index is 12.5. The smallest absolute Gasteiger partial charge is 0.315 e. The molecular formula is C17H28N4O4. The molecule has 1 aromatic rings. The molecule has 0 unspecified atom stereocenters. The van der Waals surface area contributed by atoms with E-state index in [1.807, 2.05) is 20.8 Å². The van der Waals surface area contributed by atoms with Crippen LogP contribution in [0.2, 0.25) is 0 Å². The van der Waals surface area contributed by atoms with E-state index in [-0.39, 0.29) is 36.1 Å². The molecular weight excluding hydrogens is 324 g/mol. The number of hydrogen-bond acceptors (Lipinski definition) is 6. The number of rotatable bonds is 5. The molecule has 3 heterocycles. The summed E-state index contributed by atoms with van der Waals surface area (Å²) in [5.41, 5.74) is 0. The standard InChI is InChI=1S/C17H28N4O4/c1-10(2)15-20-16(25-21-15)14(12-4-7-23-8-5-12)19-17(22)18-13-6-9-24-11(13)3/h10-14H,4-9H2,1-3H3,(H2,18,19,22)/t11-,13+,14+/m0/s1. The molecule has 0 bridgehead atoms. The van der Waals surface area contributed by atoms with Crippen molar-refractivity contribution in [2.75, 3.05) is 19.8 Å². The fourth-order valence-corrected chi connectivity index (χ4v) is 3.31. The zero-order valence-electron chi connectivity index (χ0n) is 15.2. The van der Waals surface area contributed by atoms with Gasteiger partial charge in [0.2, 0.25) is 5.89 Å². The minimum atomic E-state index is -0.304. The first kappa shape index (κ1) is 18.1. The lowest BCUT2D eigenvalue weighted by Crippen LogP contribution is -2.47. The van der Waals surface area contributed by atoms with Gasteiger partial charge in [-0.25, -0.2) is 4.79 Å². The lowest BCUT2D eigenvalue weighted by Gasteiger charge is -2.29. The summed E-state index contributed by atoms with van der Waals surface area (Å²) in [6, 6.07) is -0.492. The first-order valence-corrected chi connectivity index (χ1v) is 9.14. The van der Waals surface area contributed by atoms with Crippen LogP contribution < -0.4 is 10.6 Å². The summed E-state index contributed by atoms with van der Waals surface area (Å²) < 4.78 is 16.4.